The third-order valence-corrected chi connectivity index (χ3v) is 7.15. The van der Waals surface area contributed by atoms with E-state index in [-0.39, 0.29) is 23.7 Å². The Balaban J connectivity index is 1.64. The Labute approximate surface area is 175 Å². The summed E-state index contributed by atoms with van der Waals surface area (Å²) < 4.78 is 18.0. The van der Waals surface area contributed by atoms with E-state index in [4.69, 9.17) is 14.2 Å². The van der Waals surface area contributed by atoms with Gasteiger partial charge >= 0.3 is 0 Å². The van der Waals surface area contributed by atoms with Crippen molar-refractivity contribution in [2.75, 3.05) is 26.8 Å². The molecule has 1 aromatic carbocycles. The molecular weight excluding hydrogens is 366 g/mol. The van der Waals surface area contributed by atoms with Crippen LogP contribution in [0.1, 0.15) is 64.0 Å². The lowest BCUT2D eigenvalue weighted by Gasteiger charge is -2.54. The number of benzene rings is 1. The summed E-state index contributed by atoms with van der Waals surface area (Å²) >= 11 is 0. The van der Waals surface area contributed by atoms with Crippen LogP contribution in [0.25, 0.3) is 0 Å². The number of piperidine rings is 1. The highest BCUT2D eigenvalue weighted by molar-refractivity contribution is 5.50. The molecule has 0 radical (unpaired) electrons. The van der Waals surface area contributed by atoms with Crippen molar-refractivity contribution in [3.05, 3.63) is 23.3 Å². The van der Waals surface area contributed by atoms with E-state index in [2.05, 4.69) is 25.7 Å². The second-order valence-corrected chi connectivity index (χ2v) is 9.72. The first-order valence-corrected chi connectivity index (χ1v) is 11.3. The highest BCUT2D eigenvalue weighted by atomic mass is 16.7. The van der Waals surface area contributed by atoms with E-state index >= 15 is 0 Å². The van der Waals surface area contributed by atoms with E-state index in [0.29, 0.717) is 17.6 Å². The number of hydrogen-bond donors (Lipinski definition) is 1. The lowest BCUT2D eigenvalue weighted by molar-refractivity contribution is -0.220. The van der Waals surface area contributed by atoms with Gasteiger partial charge in [0.2, 0.25) is 0 Å². The molecule has 0 aliphatic carbocycles. The first-order chi connectivity index (χ1) is 13.9. The summed E-state index contributed by atoms with van der Waals surface area (Å²) in [6.07, 6.45) is 6.55. The second-order valence-electron chi connectivity index (χ2n) is 9.72. The maximum absolute atomic E-state index is 10.3. The molecule has 0 spiro atoms. The average Bonchev–Trinajstić information content (AvgIpc) is 2.69. The molecule has 5 nitrogen and oxygen atoms in total. The maximum atomic E-state index is 10.3. The number of fused-ring (bicyclic) bond motifs is 3. The van der Waals surface area contributed by atoms with Gasteiger partial charge in [-0.1, -0.05) is 13.8 Å². The SMILES string of the molecule is COc1cc2c(cc1O)CCN1C[C@@H](CC(C)C)[C@H](OC3CCCCO3)C[C@]21C. The van der Waals surface area contributed by atoms with Gasteiger partial charge in [0, 0.05) is 25.2 Å². The maximum Gasteiger partial charge on any atom is 0.160 e. The summed E-state index contributed by atoms with van der Waals surface area (Å²) in [4.78, 5) is 2.64. The van der Waals surface area contributed by atoms with E-state index < -0.39 is 0 Å². The topological polar surface area (TPSA) is 51.2 Å². The van der Waals surface area contributed by atoms with E-state index in [0.717, 1.165) is 45.4 Å². The van der Waals surface area contributed by atoms with Gasteiger partial charge in [-0.2, -0.15) is 0 Å². The lowest BCUT2D eigenvalue weighted by Crippen LogP contribution is -2.59. The molecule has 1 unspecified atom stereocenters. The average molecular weight is 404 g/mol. The minimum Gasteiger partial charge on any atom is -0.504 e. The Kier molecular flexibility index (Phi) is 6.10. The Hall–Kier alpha value is -1.30. The number of hydrogen-bond acceptors (Lipinski definition) is 5. The standard InChI is InChI=1S/C24H37NO4/c1-16(2)11-18-15-25-9-8-17-12-20(26)21(27-4)13-19(17)24(25,3)14-22(18)29-23-7-5-6-10-28-23/h12-13,16,18,22-23,26H,5-11,14-15H2,1-4H3/t18-,22-,23?,24-/m1/s1. The number of ether oxygens (including phenoxy) is 3. The summed E-state index contributed by atoms with van der Waals surface area (Å²) in [7, 11) is 1.62. The molecule has 29 heavy (non-hydrogen) atoms. The van der Waals surface area contributed by atoms with Gasteiger partial charge in [0.1, 0.15) is 0 Å². The fourth-order valence-electron chi connectivity index (χ4n) is 5.65. The molecule has 162 valence electrons. The van der Waals surface area contributed by atoms with Crippen molar-refractivity contribution in [1.29, 1.82) is 0 Å². The fourth-order valence-corrected chi connectivity index (χ4v) is 5.65. The van der Waals surface area contributed by atoms with Crippen molar-refractivity contribution in [2.45, 2.75) is 77.2 Å². The van der Waals surface area contributed by atoms with Crippen LogP contribution < -0.4 is 4.74 Å². The molecule has 0 saturated carbocycles. The van der Waals surface area contributed by atoms with Crippen LogP contribution in [0.4, 0.5) is 0 Å². The predicted octanol–water partition coefficient (Wildman–Crippen LogP) is 4.45. The van der Waals surface area contributed by atoms with Gasteiger partial charge in [-0.3, -0.25) is 4.90 Å². The molecule has 4 atom stereocenters. The molecular formula is C24H37NO4. The van der Waals surface area contributed by atoms with E-state index in [9.17, 15) is 5.11 Å². The van der Waals surface area contributed by atoms with Crippen LogP contribution in [0.15, 0.2) is 12.1 Å². The van der Waals surface area contributed by atoms with Crippen LogP contribution in [-0.2, 0) is 21.4 Å². The van der Waals surface area contributed by atoms with Crippen LogP contribution in [-0.4, -0.2) is 49.2 Å². The Morgan fingerprint density at radius 3 is 2.83 bits per heavy atom. The first kappa shape index (κ1) is 21.0. The molecule has 3 heterocycles. The fraction of sp³-hybridized carbons (Fsp3) is 0.750. The molecule has 3 aliphatic rings. The van der Waals surface area contributed by atoms with Crippen LogP contribution >= 0.6 is 0 Å². The van der Waals surface area contributed by atoms with E-state index in [1.165, 1.54) is 24.0 Å². The highest BCUT2D eigenvalue weighted by Crippen LogP contribution is 2.48. The summed E-state index contributed by atoms with van der Waals surface area (Å²) in [5.41, 5.74) is 2.40. The molecule has 1 aromatic rings. The largest absolute Gasteiger partial charge is 0.504 e. The van der Waals surface area contributed by atoms with Crippen LogP contribution in [0.3, 0.4) is 0 Å². The van der Waals surface area contributed by atoms with Gasteiger partial charge < -0.3 is 19.3 Å². The van der Waals surface area contributed by atoms with Gasteiger partial charge in [0.05, 0.1) is 13.2 Å². The van der Waals surface area contributed by atoms with Gasteiger partial charge in [0.25, 0.3) is 0 Å². The summed E-state index contributed by atoms with van der Waals surface area (Å²) in [6, 6.07) is 3.95. The van der Waals surface area contributed by atoms with Crippen LogP contribution in [0.2, 0.25) is 0 Å². The normalized spacial score (nSPS) is 32.7. The molecule has 4 rings (SSSR count). The molecule has 0 amide bonds. The zero-order valence-corrected chi connectivity index (χ0v) is 18.4. The number of rotatable bonds is 5. The Morgan fingerprint density at radius 2 is 2.14 bits per heavy atom. The zero-order valence-electron chi connectivity index (χ0n) is 18.4. The number of phenolic OH excluding ortho intramolecular Hbond substituents is 1. The lowest BCUT2D eigenvalue weighted by atomic mass is 9.71. The van der Waals surface area contributed by atoms with Gasteiger partial charge in [-0.15, -0.1) is 0 Å². The van der Waals surface area contributed by atoms with Gasteiger partial charge in [-0.05, 0) is 80.5 Å². The molecule has 0 bridgehead atoms. The molecule has 0 aromatic heterocycles. The number of methoxy groups -OCH3 is 1. The Morgan fingerprint density at radius 1 is 1.31 bits per heavy atom. The van der Waals surface area contributed by atoms with Crippen molar-refractivity contribution in [2.24, 2.45) is 11.8 Å². The van der Waals surface area contributed by atoms with Crippen molar-refractivity contribution in [3.63, 3.8) is 0 Å². The monoisotopic (exact) mass is 403 g/mol. The number of aromatic hydroxyl groups is 1. The zero-order chi connectivity index (χ0) is 20.6. The first-order valence-electron chi connectivity index (χ1n) is 11.3. The smallest absolute Gasteiger partial charge is 0.160 e. The Bertz CT molecular complexity index is 715. The van der Waals surface area contributed by atoms with Crippen molar-refractivity contribution in [3.8, 4) is 11.5 Å². The van der Waals surface area contributed by atoms with Crippen molar-refractivity contribution >= 4 is 0 Å². The minimum atomic E-state index is -0.110. The molecule has 5 heteroatoms. The summed E-state index contributed by atoms with van der Waals surface area (Å²) in [5.74, 6) is 1.97. The van der Waals surface area contributed by atoms with Gasteiger partial charge in [0.15, 0.2) is 17.8 Å². The number of phenols is 1. The quantitative estimate of drug-likeness (QED) is 0.787. The second kappa shape index (κ2) is 8.44. The molecule has 1 N–H and O–H groups in total. The molecule has 3 aliphatic heterocycles. The minimum absolute atomic E-state index is 0.0593. The molecule has 2 saturated heterocycles. The number of nitrogens with zero attached hydrogens (tertiary/aromatic N) is 1. The summed E-state index contributed by atoms with van der Waals surface area (Å²) in [5, 5.41) is 10.3. The highest BCUT2D eigenvalue weighted by Gasteiger charge is 2.48. The third-order valence-electron chi connectivity index (χ3n) is 7.15. The predicted molar refractivity (Wildman–Crippen MR) is 113 cm³/mol. The van der Waals surface area contributed by atoms with Crippen LogP contribution in [0.5, 0.6) is 11.5 Å². The molecule has 2 fully saturated rings. The van der Waals surface area contributed by atoms with Crippen LogP contribution in [0, 0.1) is 11.8 Å². The van der Waals surface area contributed by atoms with Crippen molar-refractivity contribution < 1.29 is 19.3 Å². The summed E-state index contributed by atoms with van der Waals surface area (Å²) in [6.45, 7) is 9.84. The third kappa shape index (κ3) is 4.14. The van der Waals surface area contributed by atoms with E-state index in [1.807, 2.05) is 12.1 Å². The van der Waals surface area contributed by atoms with E-state index in [1.54, 1.807) is 7.11 Å². The van der Waals surface area contributed by atoms with Gasteiger partial charge in [-0.25, -0.2) is 0 Å². The van der Waals surface area contributed by atoms with Crippen molar-refractivity contribution in [1.82, 2.24) is 4.90 Å².